The third-order valence-electron chi connectivity index (χ3n) is 1.37. The highest BCUT2D eigenvalue weighted by Gasteiger charge is 2.17. The van der Waals surface area contributed by atoms with Crippen LogP contribution in [0.4, 0.5) is 0 Å². The minimum absolute atomic E-state index is 0.640. The molecule has 67 valence electrons. The minimum Gasteiger partial charge on any atom is -0.473 e. The molecule has 0 saturated heterocycles. The largest absolute Gasteiger partial charge is 0.473 e. The second-order valence-electron chi connectivity index (χ2n) is 3.11. The fourth-order valence-electron chi connectivity index (χ4n) is 0.799. The summed E-state index contributed by atoms with van der Waals surface area (Å²) in [4.78, 5) is 0. The van der Waals surface area contributed by atoms with Crippen LogP contribution in [0.15, 0.2) is 22.7 Å². The van der Waals surface area contributed by atoms with E-state index in [9.17, 15) is 0 Å². The Kier molecular flexibility index (Phi) is 2.94. The monoisotopic (exact) mass is 238 g/mol. The van der Waals surface area contributed by atoms with Crippen LogP contribution >= 0.6 is 15.9 Å². The first-order valence-corrected chi connectivity index (χ1v) is 4.60. The van der Waals surface area contributed by atoms with Crippen LogP contribution in [0, 0.1) is 17.4 Å². The zero-order chi connectivity index (χ0) is 9.90. The molecule has 0 aliphatic rings. The lowest BCUT2D eigenvalue weighted by Crippen LogP contribution is -2.25. The molecule has 0 fully saturated rings. The molecule has 1 rings (SSSR count). The van der Waals surface area contributed by atoms with Gasteiger partial charge in [-0.15, -0.1) is 0 Å². The van der Waals surface area contributed by atoms with E-state index in [2.05, 4.69) is 28.1 Å². The highest BCUT2D eigenvalue weighted by atomic mass is 79.9. The summed E-state index contributed by atoms with van der Waals surface area (Å²) in [5, 5.41) is 8.73. The van der Waals surface area contributed by atoms with Crippen molar-refractivity contribution in [3.8, 4) is 11.8 Å². The number of benzene rings is 1. The summed E-state index contributed by atoms with van der Waals surface area (Å²) in [5.74, 6) is 0.640. The van der Waals surface area contributed by atoms with Crippen molar-refractivity contribution in [1.82, 2.24) is 0 Å². The third-order valence-corrected chi connectivity index (χ3v) is 1.83. The lowest BCUT2D eigenvalue weighted by atomic mass is 10.2. The van der Waals surface area contributed by atoms with Crippen molar-refractivity contribution in [1.29, 1.82) is 5.26 Å². The highest BCUT2D eigenvalue weighted by Crippen LogP contribution is 2.21. The van der Waals surface area contributed by atoms with E-state index in [0.717, 1.165) is 4.47 Å². The molecule has 0 unspecified atom stereocenters. The van der Waals surface area contributed by atoms with Crippen LogP contribution in [0.1, 0.15) is 13.8 Å². The lowest BCUT2D eigenvalue weighted by Gasteiger charge is -2.17. The van der Waals surface area contributed by atoms with E-state index in [1.165, 1.54) is 0 Å². The number of hydrogen-bond acceptors (Lipinski definition) is 2. The molecule has 0 spiro atoms. The van der Waals surface area contributed by atoms with Crippen molar-refractivity contribution >= 4 is 15.9 Å². The number of halogens is 1. The molecular formula is C10H9BrNO. The van der Waals surface area contributed by atoms with Gasteiger partial charge in [-0.3, -0.25) is 0 Å². The molecule has 2 nitrogen and oxygen atoms in total. The molecule has 0 aliphatic heterocycles. The van der Waals surface area contributed by atoms with Gasteiger partial charge < -0.3 is 4.74 Å². The summed E-state index contributed by atoms with van der Waals surface area (Å²) in [6.07, 6.45) is 0. The van der Waals surface area contributed by atoms with Crippen molar-refractivity contribution in [2.75, 3.05) is 0 Å². The second kappa shape index (κ2) is 3.80. The van der Waals surface area contributed by atoms with E-state index in [4.69, 9.17) is 10.00 Å². The summed E-state index contributed by atoms with van der Waals surface area (Å²) < 4.78 is 6.30. The van der Waals surface area contributed by atoms with Crippen molar-refractivity contribution in [2.45, 2.75) is 19.4 Å². The van der Waals surface area contributed by atoms with Gasteiger partial charge in [0.2, 0.25) is 0 Å². The molecule has 1 aromatic rings. The van der Waals surface area contributed by atoms with Crippen LogP contribution in [0.25, 0.3) is 0 Å². The molecule has 13 heavy (non-hydrogen) atoms. The zero-order valence-electron chi connectivity index (χ0n) is 7.47. The maximum absolute atomic E-state index is 8.73. The van der Waals surface area contributed by atoms with Gasteiger partial charge in [-0.05, 0) is 38.1 Å². The number of ether oxygens (including phenoxy) is 1. The molecular weight excluding hydrogens is 230 g/mol. The standard InChI is InChI=1S/C10H9BrNO/c1-10(2,7-12)13-9-5-3-4-8(11)6-9/h4-6H,1-2H3. The van der Waals surface area contributed by atoms with Crippen LogP contribution in [0.5, 0.6) is 5.75 Å². The van der Waals surface area contributed by atoms with Gasteiger partial charge in [0, 0.05) is 4.47 Å². The van der Waals surface area contributed by atoms with Crippen LogP contribution in [-0.2, 0) is 0 Å². The van der Waals surface area contributed by atoms with Gasteiger partial charge in [0.1, 0.15) is 11.8 Å². The summed E-state index contributed by atoms with van der Waals surface area (Å²) in [7, 11) is 0. The van der Waals surface area contributed by atoms with E-state index < -0.39 is 5.60 Å². The van der Waals surface area contributed by atoms with E-state index >= 15 is 0 Å². The smallest absolute Gasteiger partial charge is 0.188 e. The van der Waals surface area contributed by atoms with E-state index in [1.54, 1.807) is 32.0 Å². The van der Waals surface area contributed by atoms with E-state index in [1.807, 2.05) is 0 Å². The fraction of sp³-hybridized carbons (Fsp3) is 0.300. The Hall–Kier alpha value is -1.01. The summed E-state index contributed by atoms with van der Waals surface area (Å²) in [6, 6.07) is 10.2. The first-order chi connectivity index (χ1) is 6.03. The van der Waals surface area contributed by atoms with Crippen molar-refractivity contribution in [2.24, 2.45) is 0 Å². The highest BCUT2D eigenvalue weighted by molar-refractivity contribution is 9.10. The zero-order valence-corrected chi connectivity index (χ0v) is 9.05. The predicted molar refractivity (Wildman–Crippen MR) is 53.3 cm³/mol. The summed E-state index contributed by atoms with van der Waals surface area (Å²) >= 11 is 3.30. The van der Waals surface area contributed by atoms with Gasteiger partial charge in [0.25, 0.3) is 0 Å². The summed E-state index contributed by atoms with van der Waals surface area (Å²) in [5.41, 5.74) is -0.797. The Bertz CT molecular complexity index is 341. The Balaban J connectivity index is 2.82. The average Bonchev–Trinajstić information content (AvgIpc) is 2.03. The molecule has 3 heteroatoms. The van der Waals surface area contributed by atoms with Crippen molar-refractivity contribution in [3.63, 3.8) is 0 Å². The first-order valence-electron chi connectivity index (χ1n) is 3.80. The molecule has 0 saturated carbocycles. The number of rotatable bonds is 2. The molecule has 0 bridgehead atoms. The van der Waals surface area contributed by atoms with E-state index in [-0.39, 0.29) is 0 Å². The molecule has 1 aromatic carbocycles. The van der Waals surface area contributed by atoms with Crippen molar-refractivity contribution in [3.05, 3.63) is 28.7 Å². The molecule has 0 amide bonds. The van der Waals surface area contributed by atoms with Gasteiger partial charge in [-0.25, -0.2) is 0 Å². The Morgan fingerprint density at radius 1 is 1.54 bits per heavy atom. The topological polar surface area (TPSA) is 33.0 Å². The second-order valence-corrected chi connectivity index (χ2v) is 4.03. The number of hydrogen-bond donors (Lipinski definition) is 0. The molecule has 0 aromatic heterocycles. The van der Waals surface area contributed by atoms with Gasteiger partial charge in [-0.2, -0.15) is 5.26 Å². The summed E-state index contributed by atoms with van der Waals surface area (Å²) in [6.45, 7) is 3.43. The molecule has 1 radical (unpaired) electrons. The maximum atomic E-state index is 8.73. The number of nitrogens with zero attached hydrogens (tertiary/aromatic N) is 1. The average molecular weight is 239 g/mol. The van der Waals surface area contributed by atoms with Crippen LogP contribution in [0.2, 0.25) is 0 Å². The lowest BCUT2D eigenvalue weighted by molar-refractivity contribution is 0.170. The van der Waals surface area contributed by atoms with Gasteiger partial charge >= 0.3 is 0 Å². The van der Waals surface area contributed by atoms with Gasteiger partial charge in [-0.1, -0.05) is 15.9 Å². The number of nitriles is 1. The van der Waals surface area contributed by atoms with E-state index in [0.29, 0.717) is 5.75 Å². The van der Waals surface area contributed by atoms with Gasteiger partial charge in [0.05, 0.1) is 0 Å². The van der Waals surface area contributed by atoms with Crippen LogP contribution < -0.4 is 4.74 Å². The Morgan fingerprint density at radius 2 is 2.23 bits per heavy atom. The van der Waals surface area contributed by atoms with Gasteiger partial charge in [0.15, 0.2) is 5.60 Å². The third kappa shape index (κ3) is 3.08. The molecule has 0 heterocycles. The Morgan fingerprint density at radius 3 is 2.77 bits per heavy atom. The van der Waals surface area contributed by atoms with Crippen molar-refractivity contribution < 1.29 is 4.74 Å². The first kappa shape index (κ1) is 10.1. The minimum atomic E-state index is -0.797. The molecule has 0 aliphatic carbocycles. The Labute approximate surface area is 86.3 Å². The normalized spacial score (nSPS) is 10.6. The fourth-order valence-corrected chi connectivity index (χ4v) is 1.16. The predicted octanol–water partition coefficient (Wildman–Crippen LogP) is 2.93. The quantitative estimate of drug-likeness (QED) is 0.794. The maximum Gasteiger partial charge on any atom is 0.188 e. The SMILES string of the molecule is CC(C)(C#N)Oc1c[c]cc(Br)c1. The molecule has 0 N–H and O–H groups in total. The van der Waals surface area contributed by atoms with Crippen LogP contribution in [-0.4, -0.2) is 5.60 Å². The van der Waals surface area contributed by atoms with Crippen LogP contribution in [0.3, 0.4) is 0 Å². The molecule has 0 atom stereocenters.